The number of ketones is 2. The van der Waals surface area contributed by atoms with Gasteiger partial charge in [0.25, 0.3) is 0 Å². The van der Waals surface area contributed by atoms with Crippen molar-refractivity contribution in [3.63, 3.8) is 0 Å². The van der Waals surface area contributed by atoms with Crippen LogP contribution in [0.5, 0.6) is 46.0 Å². The highest BCUT2D eigenvalue weighted by Gasteiger charge is 2.54. The summed E-state index contributed by atoms with van der Waals surface area (Å²) in [6.07, 6.45) is -19.4. The molecule has 4 aromatic carbocycles. The lowest BCUT2D eigenvalue weighted by Gasteiger charge is -2.42. The van der Waals surface area contributed by atoms with E-state index in [1.165, 1.54) is 60.7 Å². The Morgan fingerprint density at radius 3 is 1.18 bits per heavy atom. The Labute approximate surface area is 350 Å². The van der Waals surface area contributed by atoms with E-state index < -0.39 is 133 Å². The standard InChI is InChI=1S/C42H42O20/c43-13-25-31(49)35(53)37(55)41(61-25)57-19-9-21(47)27-23(11-19)59-39(15-1-5-17(45)6-2-15)29(33(27)51)30-34(52)28-22(48)10-20(58-42-38(56)36(54)32(50)26(14-44)62-42)12-24(28)60-40(30)16-3-7-18(46)8-4-16/h1-12,25-26,29-32,35-50,53-56H,13-14H2/t25-,26+,29-,30-,31-,32-,35+,36+,37-,38+,39+,40+,41+,42+/m0/s1. The number of hydrogen-bond donors (Lipinski definition) is 12. The number of hydrogen-bond acceptors (Lipinski definition) is 20. The summed E-state index contributed by atoms with van der Waals surface area (Å²) in [4.78, 5) is 30.0. The normalized spacial score (nSPS) is 33.1. The molecule has 0 aromatic heterocycles. The lowest BCUT2D eigenvalue weighted by Crippen LogP contribution is -2.60. The molecule has 330 valence electrons. The minimum Gasteiger partial charge on any atom is -0.508 e. The van der Waals surface area contributed by atoms with Crippen molar-refractivity contribution in [3.8, 4) is 46.0 Å². The van der Waals surface area contributed by atoms with Crippen LogP contribution in [0.3, 0.4) is 0 Å². The van der Waals surface area contributed by atoms with Crippen molar-refractivity contribution >= 4 is 11.6 Å². The van der Waals surface area contributed by atoms with Crippen LogP contribution in [0.2, 0.25) is 0 Å². The molecule has 4 heterocycles. The number of carbonyl (C=O) groups is 2. The number of fused-ring (bicyclic) bond motifs is 2. The smallest absolute Gasteiger partial charge is 0.229 e. The van der Waals surface area contributed by atoms with E-state index in [2.05, 4.69) is 0 Å². The van der Waals surface area contributed by atoms with Crippen molar-refractivity contribution in [2.24, 2.45) is 11.8 Å². The van der Waals surface area contributed by atoms with Gasteiger partial charge in [0.2, 0.25) is 12.6 Å². The fourth-order valence-corrected chi connectivity index (χ4v) is 8.18. The molecular formula is C42H42O20. The van der Waals surface area contributed by atoms with Gasteiger partial charge in [0.1, 0.15) is 118 Å². The average molecular weight is 867 g/mol. The molecule has 62 heavy (non-hydrogen) atoms. The van der Waals surface area contributed by atoms with E-state index in [-0.39, 0.29) is 45.6 Å². The van der Waals surface area contributed by atoms with Gasteiger partial charge in [-0.1, -0.05) is 24.3 Å². The van der Waals surface area contributed by atoms with E-state index in [1.54, 1.807) is 0 Å². The number of rotatable bonds is 9. The van der Waals surface area contributed by atoms with Crippen molar-refractivity contribution in [2.45, 2.75) is 73.6 Å². The zero-order valence-corrected chi connectivity index (χ0v) is 32.1. The minimum absolute atomic E-state index is 0.152. The molecular weight excluding hydrogens is 824 g/mol. The molecule has 12 N–H and O–H groups in total. The van der Waals surface area contributed by atoms with E-state index in [1.807, 2.05) is 0 Å². The van der Waals surface area contributed by atoms with E-state index in [0.717, 1.165) is 12.1 Å². The first-order valence-corrected chi connectivity index (χ1v) is 19.3. The molecule has 2 saturated heterocycles. The molecule has 20 heteroatoms. The maximum Gasteiger partial charge on any atom is 0.229 e. The predicted octanol–water partition coefficient (Wildman–Crippen LogP) is -0.568. The monoisotopic (exact) mass is 866 g/mol. The third-order valence-electron chi connectivity index (χ3n) is 11.4. The van der Waals surface area contributed by atoms with Crippen LogP contribution in [-0.2, 0) is 9.47 Å². The zero-order chi connectivity index (χ0) is 44.3. The molecule has 0 unspecified atom stereocenters. The highest BCUT2D eigenvalue weighted by atomic mass is 16.7. The van der Waals surface area contributed by atoms with Gasteiger partial charge < -0.3 is 89.7 Å². The van der Waals surface area contributed by atoms with E-state index in [4.69, 9.17) is 28.4 Å². The maximum absolute atomic E-state index is 15.0. The maximum atomic E-state index is 15.0. The summed E-state index contributed by atoms with van der Waals surface area (Å²) in [5.74, 6) is -7.62. The molecule has 14 atom stereocenters. The molecule has 8 rings (SSSR count). The zero-order valence-electron chi connectivity index (χ0n) is 32.1. The second-order valence-corrected chi connectivity index (χ2v) is 15.3. The highest BCUT2D eigenvalue weighted by Crippen LogP contribution is 2.54. The van der Waals surface area contributed by atoms with Crippen molar-refractivity contribution in [1.29, 1.82) is 0 Å². The molecule has 0 amide bonds. The number of carbonyl (C=O) groups excluding carboxylic acids is 2. The van der Waals surface area contributed by atoms with Crippen LogP contribution in [0, 0.1) is 11.8 Å². The van der Waals surface area contributed by atoms with Crippen molar-refractivity contribution < 1.29 is 99.3 Å². The fraction of sp³-hybridized carbons (Fsp3) is 0.381. The summed E-state index contributed by atoms with van der Waals surface area (Å²) in [5, 5.41) is 125. The Bertz CT molecular complexity index is 2140. The highest BCUT2D eigenvalue weighted by molar-refractivity contribution is 6.11. The average Bonchev–Trinajstić information content (AvgIpc) is 3.24. The van der Waals surface area contributed by atoms with Crippen LogP contribution >= 0.6 is 0 Å². The van der Waals surface area contributed by atoms with E-state index in [0.29, 0.717) is 0 Å². The van der Waals surface area contributed by atoms with Gasteiger partial charge in [-0.2, -0.15) is 0 Å². The lowest BCUT2D eigenvalue weighted by molar-refractivity contribution is -0.277. The van der Waals surface area contributed by atoms with Crippen LogP contribution in [0.25, 0.3) is 0 Å². The summed E-state index contributed by atoms with van der Waals surface area (Å²) in [5.41, 5.74) is -0.326. The first kappa shape index (κ1) is 42.9. The number of aliphatic hydroxyl groups is 8. The summed E-state index contributed by atoms with van der Waals surface area (Å²) < 4.78 is 35.1. The molecule has 4 aliphatic heterocycles. The number of aliphatic hydroxyl groups excluding tert-OH is 8. The van der Waals surface area contributed by atoms with Crippen molar-refractivity contribution in [3.05, 3.63) is 95.1 Å². The Balaban J connectivity index is 1.20. The van der Waals surface area contributed by atoms with Gasteiger partial charge in [0.05, 0.1) is 25.0 Å². The first-order chi connectivity index (χ1) is 29.6. The molecule has 4 aromatic rings. The van der Waals surface area contributed by atoms with Gasteiger partial charge in [-0.25, -0.2) is 0 Å². The molecule has 20 nitrogen and oxygen atoms in total. The van der Waals surface area contributed by atoms with Crippen molar-refractivity contribution in [2.75, 3.05) is 13.2 Å². The molecule has 2 fully saturated rings. The molecule has 0 aliphatic carbocycles. The SMILES string of the molecule is O=C1c2c(O)cc(O[C@@H]3O[C@@H](CO)[C@H](O)[C@@H](O)[C@@H]3O)cc2O[C@H](c2ccc(O)cc2)[C@H]1[C@H]1C(=O)c2c(O)cc(O[C@@H]3O[C@H](CO)[C@H](O)[C@@H](O)[C@H]3O)cc2O[C@@H]1c1ccc(O)cc1. The fourth-order valence-electron chi connectivity index (χ4n) is 8.18. The van der Waals surface area contributed by atoms with Crippen molar-refractivity contribution in [1.82, 2.24) is 0 Å². The number of phenols is 4. The first-order valence-electron chi connectivity index (χ1n) is 19.3. The predicted molar refractivity (Wildman–Crippen MR) is 204 cm³/mol. The molecule has 4 aliphatic rings. The third kappa shape index (κ3) is 7.59. The van der Waals surface area contributed by atoms with Gasteiger partial charge in [-0.3, -0.25) is 9.59 Å². The third-order valence-corrected chi connectivity index (χ3v) is 11.4. The van der Waals surface area contributed by atoms with Crippen LogP contribution in [0.1, 0.15) is 44.1 Å². The molecule has 0 saturated carbocycles. The largest absolute Gasteiger partial charge is 0.508 e. The van der Waals surface area contributed by atoms with E-state index >= 15 is 0 Å². The summed E-state index contributed by atoms with van der Waals surface area (Å²) in [7, 11) is 0. The molecule has 0 spiro atoms. The Morgan fingerprint density at radius 1 is 0.484 bits per heavy atom. The van der Waals surface area contributed by atoms with Crippen LogP contribution < -0.4 is 18.9 Å². The summed E-state index contributed by atoms with van der Waals surface area (Å²) in [6, 6.07) is 15.2. The Hall–Kier alpha value is -5.78. The topological polar surface area (TPSA) is 332 Å². The Kier molecular flexibility index (Phi) is 11.6. The van der Waals surface area contributed by atoms with Gasteiger partial charge >= 0.3 is 0 Å². The van der Waals surface area contributed by atoms with Crippen LogP contribution in [0.15, 0.2) is 72.8 Å². The van der Waals surface area contributed by atoms with Crippen LogP contribution in [0.4, 0.5) is 0 Å². The van der Waals surface area contributed by atoms with Gasteiger partial charge in [0.15, 0.2) is 11.6 Å². The molecule has 0 radical (unpaired) electrons. The van der Waals surface area contributed by atoms with Crippen LogP contribution in [-0.4, -0.2) is 147 Å². The quantitative estimate of drug-likeness (QED) is 0.100. The van der Waals surface area contributed by atoms with E-state index in [9.17, 15) is 70.9 Å². The number of ether oxygens (including phenoxy) is 6. The second kappa shape index (κ2) is 16.8. The summed E-state index contributed by atoms with van der Waals surface area (Å²) >= 11 is 0. The second-order valence-electron chi connectivity index (χ2n) is 15.3. The molecule has 0 bridgehead atoms. The number of aromatic hydroxyl groups is 4. The lowest BCUT2D eigenvalue weighted by atomic mass is 9.69. The number of benzene rings is 4. The van der Waals surface area contributed by atoms with Gasteiger partial charge in [0, 0.05) is 24.3 Å². The Morgan fingerprint density at radius 2 is 0.839 bits per heavy atom. The minimum atomic E-state index is -1.83. The van der Waals surface area contributed by atoms with Gasteiger partial charge in [-0.15, -0.1) is 0 Å². The van der Waals surface area contributed by atoms with Gasteiger partial charge in [-0.05, 0) is 35.4 Å². The number of Topliss-reactive ketones (excluding diaryl/α,β-unsaturated/α-hetero) is 2. The number of phenolic OH excluding ortho intramolecular Hbond substituents is 4. The summed E-state index contributed by atoms with van der Waals surface area (Å²) in [6.45, 7) is -1.50.